The monoisotopic (exact) mass is 536 g/mol. The van der Waals surface area contributed by atoms with Gasteiger partial charge in [0.2, 0.25) is 0 Å². The minimum atomic E-state index is 0.594. The third-order valence-electron chi connectivity index (χ3n) is 7.98. The fourth-order valence-electron chi connectivity index (χ4n) is 6.02. The molecule has 0 N–H and O–H groups in total. The second kappa shape index (κ2) is 9.24. The van der Waals surface area contributed by atoms with Gasteiger partial charge in [0.05, 0.1) is 23.3 Å². The Morgan fingerprint density at radius 3 is 1.98 bits per heavy atom. The minimum absolute atomic E-state index is 0.594. The van der Waals surface area contributed by atoms with E-state index in [1.54, 1.807) is 6.07 Å². The van der Waals surface area contributed by atoms with E-state index in [4.69, 9.17) is 8.83 Å². The Labute approximate surface area is 240 Å². The molecule has 8 rings (SSSR count). The zero-order valence-electron chi connectivity index (χ0n) is 22.3. The molecule has 0 atom stereocenters. The molecule has 8 aromatic rings. The van der Waals surface area contributed by atoms with Crippen molar-refractivity contribution in [2.24, 2.45) is 0 Å². The van der Waals surface area contributed by atoms with Crippen molar-refractivity contribution in [1.29, 1.82) is 10.5 Å². The maximum atomic E-state index is 10.0. The molecule has 42 heavy (non-hydrogen) atoms. The topological polar surface area (TPSA) is 73.9 Å². The lowest BCUT2D eigenvalue weighted by molar-refractivity contribution is 0.668. The lowest BCUT2D eigenvalue weighted by atomic mass is 9.87. The maximum Gasteiger partial charge on any atom is 0.136 e. The van der Waals surface area contributed by atoms with Crippen LogP contribution in [0.1, 0.15) is 11.1 Å². The molecule has 0 bridgehead atoms. The zero-order chi connectivity index (χ0) is 28.2. The fraction of sp³-hybridized carbons (Fsp3) is 0. The van der Waals surface area contributed by atoms with Crippen molar-refractivity contribution < 1.29 is 8.83 Å². The summed E-state index contributed by atoms with van der Waals surface area (Å²) in [5.41, 5.74) is 10.3. The van der Waals surface area contributed by atoms with Gasteiger partial charge in [-0.25, -0.2) is 0 Å². The van der Waals surface area contributed by atoms with Crippen molar-refractivity contribution >= 4 is 43.9 Å². The Hall–Kier alpha value is -6.10. The van der Waals surface area contributed by atoms with Gasteiger partial charge in [0.15, 0.2) is 0 Å². The van der Waals surface area contributed by atoms with Gasteiger partial charge in [0.1, 0.15) is 22.3 Å². The van der Waals surface area contributed by atoms with Gasteiger partial charge in [0.25, 0.3) is 0 Å². The Kier molecular flexibility index (Phi) is 5.22. The quantitative estimate of drug-likeness (QED) is 0.225. The minimum Gasteiger partial charge on any atom is -0.456 e. The summed E-state index contributed by atoms with van der Waals surface area (Å²) in [6.45, 7) is 0. The molecule has 0 fully saturated rings. The smallest absolute Gasteiger partial charge is 0.136 e. The summed E-state index contributed by atoms with van der Waals surface area (Å²) in [6.07, 6.45) is 0. The van der Waals surface area contributed by atoms with Gasteiger partial charge in [-0.3, -0.25) is 0 Å². The molecule has 0 amide bonds. The molecule has 0 spiro atoms. The summed E-state index contributed by atoms with van der Waals surface area (Å²) < 4.78 is 12.3. The number of hydrogen-bond acceptors (Lipinski definition) is 4. The SMILES string of the molecule is N#Cc1ccc2oc3ccc(-c4ccc(-c5cccc6oc7ccccc7c56)c(-c5ccccc5C#N)c4)cc3c2c1. The van der Waals surface area contributed by atoms with Crippen molar-refractivity contribution in [3.05, 3.63) is 132 Å². The maximum absolute atomic E-state index is 10.0. The summed E-state index contributed by atoms with van der Waals surface area (Å²) in [5, 5.41) is 23.5. The average Bonchev–Trinajstić information content (AvgIpc) is 3.62. The normalized spacial score (nSPS) is 11.3. The third-order valence-corrected chi connectivity index (χ3v) is 7.98. The van der Waals surface area contributed by atoms with Crippen LogP contribution < -0.4 is 0 Å². The highest BCUT2D eigenvalue weighted by Crippen LogP contribution is 2.43. The van der Waals surface area contributed by atoms with Crippen molar-refractivity contribution in [3.8, 4) is 45.5 Å². The summed E-state index contributed by atoms with van der Waals surface area (Å²) in [5.74, 6) is 0. The van der Waals surface area contributed by atoms with Crippen LogP contribution in [0.25, 0.3) is 77.3 Å². The Morgan fingerprint density at radius 2 is 1.10 bits per heavy atom. The van der Waals surface area contributed by atoms with Gasteiger partial charge in [-0.2, -0.15) is 10.5 Å². The third kappa shape index (κ3) is 3.60. The average molecular weight is 537 g/mol. The van der Waals surface area contributed by atoms with Crippen LogP contribution in [0, 0.1) is 22.7 Å². The van der Waals surface area contributed by atoms with Gasteiger partial charge >= 0.3 is 0 Å². The van der Waals surface area contributed by atoms with E-state index in [0.29, 0.717) is 11.1 Å². The van der Waals surface area contributed by atoms with Crippen LogP contribution >= 0.6 is 0 Å². The highest BCUT2D eigenvalue weighted by molar-refractivity contribution is 6.14. The van der Waals surface area contributed by atoms with E-state index in [1.165, 1.54) is 0 Å². The number of nitrogens with zero attached hydrogens (tertiary/aromatic N) is 2. The molecule has 0 aliphatic carbocycles. The molecule has 194 valence electrons. The Balaban J connectivity index is 1.39. The van der Waals surface area contributed by atoms with Crippen LogP contribution in [0.5, 0.6) is 0 Å². The van der Waals surface area contributed by atoms with Gasteiger partial charge in [0, 0.05) is 27.1 Å². The van der Waals surface area contributed by atoms with Gasteiger partial charge in [-0.1, -0.05) is 66.7 Å². The van der Waals surface area contributed by atoms with E-state index in [9.17, 15) is 10.5 Å². The number of fused-ring (bicyclic) bond motifs is 6. The molecule has 0 saturated heterocycles. The second-order valence-electron chi connectivity index (χ2n) is 10.3. The van der Waals surface area contributed by atoms with Crippen molar-refractivity contribution in [3.63, 3.8) is 0 Å². The molecule has 4 nitrogen and oxygen atoms in total. The van der Waals surface area contributed by atoms with E-state index < -0.39 is 0 Å². The first-order valence-electron chi connectivity index (χ1n) is 13.6. The molecule has 0 aliphatic rings. The lowest BCUT2D eigenvalue weighted by Gasteiger charge is -2.15. The highest BCUT2D eigenvalue weighted by atomic mass is 16.3. The molecule has 4 heteroatoms. The Morgan fingerprint density at radius 1 is 0.429 bits per heavy atom. The number of benzene rings is 6. The molecule has 6 aromatic carbocycles. The van der Waals surface area contributed by atoms with E-state index in [-0.39, 0.29) is 0 Å². The number of furan rings is 2. The van der Waals surface area contributed by atoms with Crippen LogP contribution in [0.15, 0.2) is 130 Å². The molecule has 0 radical (unpaired) electrons. The summed E-state index contributed by atoms with van der Waals surface area (Å²) in [7, 11) is 0. The lowest BCUT2D eigenvalue weighted by Crippen LogP contribution is -1.91. The first-order valence-corrected chi connectivity index (χ1v) is 13.6. The van der Waals surface area contributed by atoms with Crippen LogP contribution in [0.4, 0.5) is 0 Å². The molecule has 0 unspecified atom stereocenters. The molecule has 2 heterocycles. The second-order valence-corrected chi connectivity index (χ2v) is 10.3. The van der Waals surface area contributed by atoms with Crippen molar-refractivity contribution in [2.45, 2.75) is 0 Å². The molecular formula is C38H20N2O2. The van der Waals surface area contributed by atoms with Crippen molar-refractivity contribution in [2.75, 3.05) is 0 Å². The van der Waals surface area contributed by atoms with Crippen LogP contribution in [0.3, 0.4) is 0 Å². The summed E-state index contributed by atoms with van der Waals surface area (Å²) in [4.78, 5) is 0. The number of rotatable bonds is 3. The van der Waals surface area contributed by atoms with Crippen molar-refractivity contribution in [1.82, 2.24) is 0 Å². The van der Waals surface area contributed by atoms with E-state index in [1.807, 2.05) is 72.8 Å². The number of nitriles is 2. The van der Waals surface area contributed by atoms with E-state index in [2.05, 4.69) is 54.6 Å². The van der Waals surface area contributed by atoms with E-state index in [0.717, 1.165) is 77.3 Å². The molecule has 0 aliphatic heterocycles. The standard InChI is InChI=1S/C38H20N2O2/c39-21-23-12-16-35-32(18-23)33-20-25(14-17-36(33)41-35)24-13-15-28(31(19-24)27-7-2-1-6-26(27)22-40)29-9-5-11-37-38(29)30-8-3-4-10-34(30)42-37/h1-20H. The predicted octanol–water partition coefficient (Wildman–Crippen LogP) is 10.2. The zero-order valence-corrected chi connectivity index (χ0v) is 22.3. The molecule has 0 saturated carbocycles. The Bertz CT molecular complexity index is 2450. The van der Waals surface area contributed by atoms with Gasteiger partial charge in [-0.05, 0) is 82.4 Å². The fourth-order valence-corrected chi connectivity index (χ4v) is 6.02. The summed E-state index contributed by atoms with van der Waals surface area (Å²) in [6, 6.07) is 44.6. The molecule has 2 aromatic heterocycles. The summed E-state index contributed by atoms with van der Waals surface area (Å²) >= 11 is 0. The number of hydrogen-bond donors (Lipinski definition) is 0. The first-order chi connectivity index (χ1) is 20.7. The largest absolute Gasteiger partial charge is 0.456 e. The highest BCUT2D eigenvalue weighted by Gasteiger charge is 2.18. The molecular weight excluding hydrogens is 516 g/mol. The van der Waals surface area contributed by atoms with Gasteiger partial charge in [-0.15, -0.1) is 0 Å². The van der Waals surface area contributed by atoms with Crippen LogP contribution in [0.2, 0.25) is 0 Å². The number of para-hydroxylation sites is 1. The van der Waals surface area contributed by atoms with E-state index >= 15 is 0 Å². The van der Waals surface area contributed by atoms with Crippen LogP contribution in [-0.4, -0.2) is 0 Å². The van der Waals surface area contributed by atoms with Crippen LogP contribution in [-0.2, 0) is 0 Å². The predicted molar refractivity (Wildman–Crippen MR) is 167 cm³/mol. The first kappa shape index (κ1) is 23.8. The van der Waals surface area contributed by atoms with Gasteiger partial charge < -0.3 is 8.83 Å².